The molecule has 4 rings (SSSR count). The number of quaternary nitrogens is 1. The Kier molecular flexibility index (Phi) is 8.61. The quantitative estimate of drug-likeness (QED) is 0.301. The van der Waals surface area contributed by atoms with E-state index in [2.05, 4.69) is 0 Å². The number of nitrogens with zero attached hydrogens (tertiary/aromatic N) is 1. The highest BCUT2D eigenvalue weighted by atomic mass is 16.5. The molecular weight excluding hydrogens is 460 g/mol. The minimum Gasteiger partial charge on any atom is -0.872 e. The van der Waals surface area contributed by atoms with Crippen molar-refractivity contribution in [2.75, 3.05) is 53.1 Å². The Morgan fingerprint density at radius 3 is 2.56 bits per heavy atom. The molecular formula is C28H34N2O6. The number of amides is 1. The highest BCUT2D eigenvalue weighted by Gasteiger charge is 2.44. The Morgan fingerprint density at radius 1 is 1.11 bits per heavy atom. The number of ether oxygens (including phenoxy) is 3. The van der Waals surface area contributed by atoms with Crippen molar-refractivity contribution in [2.24, 2.45) is 0 Å². The average molecular weight is 495 g/mol. The van der Waals surface area contributed by atoms with Crippen molar-refractivity contribution in [1.82, 2.24) is 4.90 Å². The molecule has 2 fully saturated rings. The molecule has 0 spiro atoms. The van der Waals surface area contributed by atoms with Gasteiger partial charge in [-0.3, -0.25) is 9.59 Å². The normalized spacial score (nSPS) is 20.1. The monoisotopic (exact) mass is 494 g/mol. The van der Waals surface area contributed by atoms with Crippen LogP contribution in [-0.2, 0) is 14.3 Å². The van der Waals surface area contributed by atoms with E-state index in [0.717, 1.165) is 39.3 Å². The number of Topliss-reactive ketones (excluding diaryl/α,β-unsaturated/α-hetero) is 1. The number of methoxy groups -OCH3 is 1. The Labute approximate surface area is 212 Å². The molecule has 2 aliphatic rings. The fraction of sp³-hybridized carbons (Fsp3) is 0.429. The van der Waals surface area contributed by atoms with Gasteiger partial charge in [0.2, 0.25) is 5.78 Å². The van der Waals surface area contributed by atoms with Crippen molar-refractivity contribution in [3.8, 4) is 11.5 Å². The van der Waals surface area contributed by atoms with Gasteiger partial charge < -0.3 is 29.1 Å². The Bertz CT molecular complexity index is 1090. The minimum absolute atomic E-state index is 0.0193. The fourth-order valence-corrected chi connectivity index (χ4v) is 4.79. The maximum Gasteiger partial charge on any atom is 0.295 e. The summed E-state index contributed by atoms with van der Waals surface area (Å²) in [5.41, 5.74) is 1.01. The number of hydrogen-bond donors (Lipinski definition) is 1. The summed E-state index contributed by atoms with van der Waals surface area (Å²) in [5.74, 6) is -0.723. The molecule has 2 saturated heterocycles. The van der Waals surface area contributed by atoms with E-state index in [1.165, 1.54) is 4.90 Å². The molecule has 8 nitrogen and oxygen atoms in total. The predicted octanol–water partition coefficient (Wildman–Crippen LogP) is 1.01. The van der Waals surface area contributed by atoms with Gasteiger partial charge in [-0.25, -0.2) is 0 Å². The summed E-state index contributed by atoms with van der Waals surface area (Å²) in [5, 5.41) is 13.5. The highest BCUT2D eigenvalue weighted by molar-refractivity contribution is 6.46. The molecule has 1 atom stereocenters. The first-order chi connectivity index (χ1) is 17.5. The second kappa shape index (κ2) is 12.1. The summed E-state index contributed by atoms with van der Waals surface area (Å²) in [7, 11) is 1.55. The smallest absolute Gasteiger partial charge is 0.295 e. The number of likely N-dealkylation sites (tertiary alicyclic amines) is 1. The average Bonchev–Trinajstić information content (AvgIpc) is 3.17. The van der Waals surface area contributed by atoms with E-state index >= 15 is 0 Å². The molecule has 0 aliphatic carbocycles. The van der Waals surface area contributed by atoms with Gasteiger partial charge in [0.25, 0.3) is 5.91 Å². The van der Waals surface area contributed by atoms with E-state index < -0.39 is 23.5 Å². The van der Waals surface area contributed by atoms with Crippen LogP contribution < -0.4 is 19.5 Å². The number of ketones is 1. The third-order valence-electron chi connectivity index (χ3n) is 6.66. The van der Waals surface area contributed by atoms with Crippen LogP contribution >= 0.6 is 0 Å². The second-order valence-corrected chi connectivity index (χ2v) is 9.06. The van der Waals surface area contributed by atoms with Crippen molar-refractivity contribution < 1.29 is 33.8 Å². The number of carbonyl (C=O) groups is 2. The molecule has 36 heavy (non-hydrogen) atoms. The van der Waals surface area contributed by atoms with E-state index in [1.807, 2.05) is 13.0 Å². The lowest BCUT2D eigenvalue weighted by molar-refractivity contribution is -0.908. The van der Waals surface area contributed by atoms with Crippen LogP contribution in [0.5, 0.6) is 11.5 Å². The predicted molar refractivity (Wildman–Crippen MR) is 133 cm³/mol. The van der Waals surface area contributed by atoms with Crippen molar-refractivity contribution in [1.29, 1.82) is 0 Å². The summed E-state index contributed by atoms with van der Waals surface area (Å²) in [6.07, 6.45) is 1.56. The van der Waals surface area contributed by atoms with Crippen LogP contribution in [0.3, 0.4) is 0 Å². The van der Waals surface area contributed by atoms with Crippen molar-refractivity contribution in [3.05, 3.63) is 65.2 Å². The van der Waals surface area contributed by atoms with Gasteiger partial charge in [0.1, 0.15) is 13.1 Å². The van der Waals surface area contributed by atoms with Crippen molar-refractivity contribution >= 4 is 17.4 Å². The first-order valence-electron chi connectivity index (χ1n) is 12.6. The molecule has 0 bridgehead atoms. The molecule has 2 aromatic rings. The number of rotatable bonds is 10. The zero-order chi connectivity index (χ0) is 25.5. The van der Waals surface area contributed by atoms with Crippen LogP contribution in [0.15, 0.2) is 54.1 Å². The molecule has 1 N–H and O–H groups in total. The number of nitrogens with one attached hydrogen (secondary N) is 1. The zero-order valence-corrected chi connectivity index (χ0v) is 21.0. The van der Waals surface area contributed by atoms with E-state index in [0.29, 0.717) is 42.2 Å². The lowest BCUT2D eigenvalue weighted by Gasteiger charge is -2.29. The summed E-state index contributed by atoms with van der Waals surface area (Å²) in [4.78, 5) is 29.4. The minimum atomic E-state index is -0.786. The summed E-state index contributed by atoms with van der Waals surface area (Å²) < 4.78 is 16.8. The maximum atomic E-state index is 13.5. The number of morpholine rings is 1. The van der Waals surface area contributed by atoms with Gasteiger partial charge in [0.05, 0.1) is 39.5 Å². The molecule has 2 aliphatic heterocycles. The first-order valence-corrected chi connectivity index (χ1v) is 12.6. The first kappa shape index (κ1) is 25.7. The number of carbonyl (C=O) groups excluding carboxylic acids is 2. The third-order valence-corrected chi connectivity index (χ3v) is 6.66. The van der Waals surface area contributed by atoms with Gasteiger partial charge in [-0.1, -0.05) is 49.1 Å². The van der Waals surface area contributed by atoms with Gasteiger partial charge in [-0.2, -0.15) is 0 Å². The molecule has 0 radical (unpaired) electrons. The summed E-state index contributed by atoms with van der Waals surface area (Å²) in [6, 6.07) is 13.2. The molecule has 2 aromatic carbocycles. The molecule has 2 heterocycles. The van der Waals surface area contributed by atoms with Gasteiger partial charge in [0.15, 0.2) is 11.5 Å². The lowest BCUT2D eigenvalue weighted by atomic mass is 9.95. The largest absolute Gasteiger partial charge is 0.872 e. The Balaban J connectivity index is 1.69. The van der Waals surface area contributed by atoms with Crippen LogP contribution in [0.4, 0.5) is 0 Å². The van der Waals surface area contributed by atoms with E-state index in [9.17, 15) is 14.7 Å². The Morgan fingerprint density at radius 2 is 1.86 bits per heavy atom. The fourth-order valence-electron chi connectivity index (χ4n) is 4.79. The van der Waals surface area contributed by atoms with Gasteiger partial charge >= 0.3 is 0 Å². The van der Waals surface area contributed by atoms with Crippen LogP contribution in [0.25, 0.3) is 5.76 Å². The maximum absolute atomic E-state index is 13.5. The molecule has 8 heteroatoms. The molecule has 1 unspecified atom stereocenters. The van der Waals surface area contributed by atoms with Crippen LogP contribution in [0.1, 0.15) is 36.9 Å². The SMILES string of the molecule is CCCOc1ccc(C2/C(=C(\[O-])c3ccccc3)C(=O)C(=O)N2CCC[NH+]2CCOCC2)cc1OC. The van der Waals surface area contributed by atoms with Crippen LogP contribution in [0, 0.1) is 0 Å². The zero-order valence-electron chi connectivity index (χ0n) is 21.0. The van der Waals surface area contributed by atoms with Crippen molar-refractivity contribution in [3.63, 3.8) is 0 Å². The van der Waals surface area contributed by atoms with Gasteiger partial charge in [-0.05, 0) is 29.7 Å². The second-order valence-electron chi connectivity index (χ2n) is 9.06. The number of hydrogen-bond acceptors (Lipinski definition) is 6. The lowest BCUT2D eigenvalue weighted by Crippen LogP contribution is -3.14. The van der Waals surface area contributed by atoms with E-state index in [4.69, 9.17) is 14.2 Å². The third kappa shape index (κ3) is 5.55. The number of benzene rings is 2. The molecule has 1 amide bonds. The molecule has 0 aromatic heterocycles. The molecule has 0 saturated carbocycles. The Hall–Kier alpha value is -3.36. The molecule has 192 valence electrons. The highest BCUT2D eigenvalue weighted by Crippen LogP contribution is 2.41. The van der Waals surface area contributed by atoms with Crippen LogP contribution in [0.2, 0.25) is 0 Å². The summed E-state index contributed by atoms with van der Waals surface area (Å²) >= 11 is 0. The standard InChI is InChI=1S/C28H34N2O6/c1-3-16-36-22-11-10-21(19-23(22)34-2)25-24(26(31)20-8-5-4-6-9-20)27(32)28(33)30(25)13-7-12-29-14-17-35-18-15-29/h4-6,8-11,19,25,31H,3,7,12-18H2,1-2H3/b26-24+. The van der Waals surface area contributed by atoms with Gasteiger partial charge in [0, 0.05) is 18.5 Å². The van der Waals surface area contributed by atoms with Crippen molar-refractivity contribution in [2.45, 2.75) is 25.8 Å². The summed E-state index contributed by atoms with van der Waals surface area (Å²) in [6.45, 7) is 7.11. The van der Waals surface area contributed by atoms with E-state index in [1.54, 1.807) is 54.5 Å². The van der Waals surface area contributed by atoms with E-state index in [-0.39, 0.29) is 5.57 Å². The van der Waals surface area contributed by atoms with Gasteiger partial charge in [-0.15, -0.1) is 0 Å². The van der Waals surface area contributed by atoms with Crippen LogP contribution in [-0.4, -0.2) is 69.7 Å². The topological polar surface area (TPSA) is 92.6 Å².